The maximum atomic E-state index is 11.1. The summed E-state index contributed by atoms with van der Waals surface area (Å²) < 4.78 is 22.3. The summed E-state index contributed by atoms with van der Waals surface area (Å²) in [6, 6.07) is 0. The first-order valence-electron chi connectivity index (χ1n) is 3.12. The van der Waals surface area contributed by atoms with E-state index in [1.165, 1.54) is 13.3 Å². The van der Waals surface area contributed by atoms with E-state index >= 15 is 0 Å². The molecule has 1 heterocycles. The first-order chi connectivity index (χ1) is 5.56. The van der Waals surface area contributed by atoms with Gasteiger partial charge < -0.3 is 4.98 Å². The van der Waals surface area contributed by atoms with Crippen molar-refractivity contribution in [3.05, 3.63) is 12.0 Å². The highest BCUT2D eigenvalue weighted by atomic mass is 32.2. The van der Waals surface area contributed by atoms with Gasteiger partial charge in [-0.1, -0.05) is 4.89 Å². The minimum Gasteiger partial charge on any atom is -0.332 e. The van der Waals surface area contributed by atoms with Crippen LogP contribution in [-0.2, 0) is 14.9 Å². The molecule has 1 aromatic heterocycles. The lowest BCUT2D eigenvalue weighted by molar-refractivity contribution is 0.153. The van der Waals surface area contributed by atoms with Crippen molar-refractivity contribution in [2.45, 2.75) is 11.9 Å². The highest BCUT2D eigenvalue weighted by Gasteiger charge is 2.15. The van der Waals surface area contributed by atoms with E-state index in [1.54, 1.807) is 6.92 Å². The molecule has 0 unspecified atom stereocenters. The highest BCUT2D eigenvalue weighted by Crippen LogP contribution is 2.03. The lowest BCUT2D eigenvalue weighted by Gasteiger charge is -1.99. The minimum absolute atomic E-state index is 0.0122. The predicted molar refractivity (Wildman–Crippen MR) is 40.7 cm³/mol. The molecule has 0 radical (unpaired) electrons. The van der Waals surface area contributed by atoms with Crippen LogP contribution in [0.1, 0.15) is 5.82 Å². The second-order valence-corrected chi connectivity index (χ2v) is 3.74. The molecule has 0 aliphatic heterocycles. The topological polar surface area (TPSA) is 84.1 Å². The van der Waals surface area contributed by atoms with Gasteiger partial charge in [-0.05, 0) is 6.92 Å². The third kappa shape index (κ3) is 1.81. The molecule has 12 heavy (non-hydrogen) atoms. The molecule has 0 bridgehead atoms. The zero-order valence-electron chi connectivity index (χ0n) is 6.66. The number of imidazole rings is 1. The van der Waals surface area contributed by atoms with Crippen LogP contribution in [0.5, 0.6) is 0 Å². The Hall–Kier alpha value is -0.920. The Morgan fingerprint density at radius 1 is 1.67 bits per heavy atom. The van der Waals surface area contributed by atoms with Gasteiger partial charge in [0.1, 0.15) is 5.82 Å². The molecular formula is C5H9N3O3S. The smallest absolute Gasteiger partial charge is 0.279 e. The van der Waals surface area contributed by atoms with Gasteiger partial charge in [-0.15, -0.1) is 0 Å². The van der Waals surface area contributed by atoms with Crippen molar-refractivity contribution in [1.82, 2.24) is 14.9 Å². The Morgan fingerprint density at radius 2 is 2.33 bits per heavy atom. The summed E-state index contributed by atoms with van der Waals surface area (Å²) in [7, 11) is -2.36. The van der Waals surface area contributed by atoms with E-state index in [2.05, 4.69) is 14.8 Å². The molecule has 0 fully saturated rings. The van der Waals surface area contributed by atoms with Crippen molar-refractivity contribution in [2.75, 3.05) is 7.11 Å². The van der Waals surface area contributed by atoms with E-state index in [0.29, 0.717) is 5.82 Å². The molecule has 1 aromatic rings. The van der Waals surface area contributed by atoms with Crippen LogP contribution in [0.15, 0.2) is 11.2 Å². The van der Waals surface area contributed by atoms with Crippen LogP contribution < -0.4 is 4.89 Å². The van der Waals surface area contributed by atoms with E-state index in [-0.39, 0.29) is 5.03 Å². The summed E-state index contributed by atoms with van der Waals surface area (Å²) in [4.78, 5) is 12.4. The third-order valence-electron chi connectivity index (χ3n) is 1.16. The number of nitrogens with one attached hydrogen (secondary N) is 2. The Labute approximate surface area is 70.0 Å². The van der Waals surface area contributed by atoms with Crippen LogP contribution in [0.25, 0.3) is 0 Å². The highest BCUT2D eigenvalue weighted by molar-refractivity contribution is 7.89. The summed E-state index contributed by atoms with van der Waals surface area (Å²) in [6.07, 6.45) is 1.22. The van der Waals surface area contributed by atoms with Crippen molar-refractivity contribution in [3.8, 4) is 0 Å². The number of aromatic nitrogens is 2. The van der Waals surface area contributed by atoms with Gasteiger partial charge in [0.15, 0.2) is 5.03 Å². The van der Waals surface area contributed by atoms with Gasteiger partial charge in [-0.3, -0.25) is 4.84 Å². The van der Waals surface area contributed by atoms with Crippen LogP contribution in [-0.4, -0.2) is 25.5 Å². The Bertz CT molecular complexity index is 356. The Morgan fingerprint density at radius 3 is 2.75 bits per heavy atom. The number of H-pyrrole nitrogens is 1. The first kappa shape index (κ1) is 9.17. The summed E-state index contributed by atoms with van der Waals surface area (Å²) in [5, 5.41) is -0.0122. The molecule has 0 saturated heterocycles. The van der Waals surface area contributed by atoms with Crippen LogP contribution >= 0.6 is 0 Å². The lowest BCUT2D eigenvalue weighted by Crippen LogP contribution is -2.22. The average molecular weight is 191 g/mol. The molecule has 7 heteroatoms. The molecule has 1 rings (SSSR count). The number of sulfonamides is 1. The number of aromatic amines is 1. The molecule has 0 amide bonds. The van der Waals surface area contributed by atoms with Gasteiger partial charge in [0, 0.05) is 0 Å². The second-order valence-electron chi connectivity index (χ2n) is 2.12. The molecule has 0 spiro atoms. The fourth-order valence-electron chi connectivity index (χ4n) is 0.689. The Kier molecular flexibility index (Phi) is 2.46. The van der Waals surface area contributed by atoms with Gasteiger partial charge in [0.2, 0.25) is 0 Å². The second kappa shape index (κ2) is 3.21. The van der Waals surface area contributed by atoms with E-state index < -0.39 is 10.0 Å². The van der Waals surface area contributed by atoms with E-state index in [0.717, 1.165) is 0 Å². The van der Waals surface area contributed by atoms with Crippen molar-refractivity contribution in [3.63, 3.8) is 0 Å². The van der Waals surface area contributed by atoms with E-state index in [4.69, 9.17) is 0 Å². The normalized spacial score (nSPS) is 11.8. The third-order valence-corrected chi connectivity index (χ3v) is 2.33. The van der Waals surface area contributed by atoms with Crippen molar-refractivity contribution >= 4 is 10.0 Å². The van der Waals surface area contributed by atoms with Gasteiger partial charge in [-0.25, -0.2) is 13.4 Å². The molecule has 0 aliphatic carbocycles. The average Bonchev–Trinajstić information content (AvgIpc) is 2.36. The van der Waals surface area contributed by atoms with Gasteiger partial charge in [0.25, 0.3) is 10.0 Å². The van der Waals surface area contributed by atoms with Gasteiger partial charge in [-0.2, -0.15) is 0 Å². The summed E-state index contributed by atoms with van der Waals surface area (Å²) >= 11 is 0. The zero-order valence-corrected chi connectivity index (χ0v) is 7.47. The number of hydrogen-bond donors (Lipinski definition) is 2. The number of hydrogen-bond acceptors (Lipinski definition) is 4. The van der Waals surface area contributed by atoms with Gasteiger partial charge >= 0.3 is 0 Å². The molecule has 2 N–H and O–H groups in total. The number of aryl methyl sites for hydroxylation is 1. The fraction of sp³-hybridized carbons (Fsp3) is 0.400. The standard InChI is InChI=1S/C5H9N3O3S/c1-4-6-3-5(7-4)12(9,10)8-11-2/h3,8H,1-2H3,(H,6,7). The number of rotatable bonds is 3. The first-order valence-corrected chi connectivity index (χ1v) is 4.61. The molecule has 0 aliphatic rings. The minimum atomic E-state index is -3.58. The maximum Gasteiger partial charge on any atom is 0.279 e. The fourth-order valence-corrected chi connectivity index (χ4v) is 1.47. The summed E-state index contributed by atoms with van der Waals surface area (Å²) in [5.41, 5.74) is 0. The molecule has 0 saturated carbocycles. The van der Waals surface area contributed by atoms with E-state index in [1.807, 2.05) is 4.89 Å². The lowest BCUT2D eigenvalue weighted by atomic mass is 10.8. The maximum absolute atomic E-state index is 11.1. The molecule has 0 aromatic carbocycles. The molecule has 68 valence electrons. The molecule has 0 atom stereocenters. The predicted octanol–water partition coefficient (Wildman–Crippen LogP) is -0.442. The van der Waals surface area contributed by atoms with Crippen LogP contribution in [0.2, 0.25) is 0 Å². The Balaban J connectivity index is 2.98. The van der Waals surface area contributed by atoms with Crippen molar-refractivity contribution in [1.29, 1.82) is 0 Å². The monoisotopic (exact) mass is 191 g/mol. The summed E-state index contributed by atoms with van der Waals surface area (Å²) in [5.74, 6) is 0.534. The zero-order chi connectivity index (χ0) is 9.19. The van der Waals surface area contributed by atoms with Crippen LogP contribution in [0, 0.1) is 6.92 Å². The largest absolute Gasteiger partial charge is 0.332 e. The number of nitrogens with zero attached hydrogens (tertiary/aromatic N) is 1. The van der Waals surface area contributed by atoms with Crippen molar-refractivity contribution in [2.24, 2.45) is 0 Å². The quantitative estimate of drug-likeness (QED) is 0.634. The molecular weight excluding hydrogens is 182 g/mol. The SMILES string of the molecule is CONS(=O)(=O)c1cnc(C)[nH]1. The molecule has 6 nitrogen and oxygen atoms in total. The van der Waals surface area contributed by atoms with Crippen LogP contribution in [0.3, 0.4) is 0 Å². The van der Waals surface area contributed by atoms with Crippen molar-refractivity contribution < 1.29 is 13.3 Å². The summed E-state index contributed by atoms with van der Waals surface area (Å²) in [6.45, 7) is 1.66. The van der Waals surface area contributed by atoms with E-state index in [9.17, 15) is 8.42 Å². The van der Waals surface area contributed by atoms with Crippen LogP contribution in [0.4, 0.5) is 0 Å². The van der Waals surface area contributed by atoms with Gasteiger partial charge in [0.05, 0.1) is 13.3 Å².